The van der Waals surface area contributed by atoms with Crippen molar-refractivity contribution in [1.29, 1.82) is 0 Å². The fourth-order valence-electron chi connectivity index (χ4n) is 9.43. The fourth-order valence-corrected chi connectivity index (χ4v) is 10.1. The highest BCUT2D eigenvalue weighted by Crippen LogP contribution is 2.38. The van der Waals surface area contributed by atoms with Crippen molar-refractivity contribution in [2.45, 2.75) is 309 Å². The molecule has 0 aromatic heterocycles. The summed E-state index contributed by atoms with van der Waals surface area (Å²) in [5.74, 6) is -0.560. The Balaban J connectivity index is 5.20. The van der Waals surface area contributed by atoms with Crippen LogP contribution < -0.4 is 10.2 Å². The van der Waals surface area contributed by atoms with Crippen LogP contribution in [0, 0.1) is 0 Å². The Hall–Kier alpha value is -2.81. The largest absolute Gasteiger partial charge is 0.756 e. The lowest BCUT2D eigenvalue weighted by Gasteiger charge is -2.30. The van der Waals surface area contributed by atoms with Gasteiger partial charge in [0, 0.05) is 12.8 Å². The molecule has 0 aliphatic rings. The molecule has 3 atom stereocenters. The van der Waals surface area contributed by atoms with Crippen LogP contribution in [-0.2, 0) is 27.9 Å². The molecule has 0 aliphatic carbocycles. The zero-order valence-corrected chi connectivity index (χ0v) is 53.9. The van der Waals surface area contributed by atoms with Gasteiger partial charge in [-0.2, -0.15) is 0 Å². The lowest BCUT2D eigenvalue weighted by Crippen LogP contribution is -2.47. The first kappa shape index (κ1) is 77.2. The molecule has 1 N–H and O–H groups in total. The molecule has 3 unspecified atom stereocenters. The molecule has 0 spiro atoms. The standard InChI is InChI=1S/C70H127N2O7P/c1-7-10-13-16-19-22-25-28-30-32-34-36-38-40-42-44-47-50-53-56-59-62-69(73)71-67(66-78-80(75,76)77-65-64-72(4,5)6)68(61-58-55-52-49-46-27-24-21-18-15-12-9-3)79-70(74)63-60-57-54-51-48-45-43-41-39-37-35-33-31-29-26-23-20-17-14-11-8-2/h10,13,19,22,28-31,34,36,40,42,58,61,67-68H,7-9,11-12,14-18,20-21,23-27,32-33,35,37-39,41,43-57,59-60,62-66H2,1-6H3,(H-,71,73,75,76)/b13-10-,22-19-,30-28-,31-29+,36-34-,42-40-,61-58+. The van der Waals surface area contributed by atoms with Crippen LogP contribution in [-0.4, -0.2) is 69.4 Å². The van der Waals surface area contributed by atoms with Gasteiger partial charge in [-0.25, -0.2) is 0 Å². The summed E-state index contributed by atoms with van der Waals surface area (Å²) in [7, 11) is 1.17. The Morgan fingerprint density at radius 2 is 0.800 bits per heavy atom. The number of phosphoric acid groups is 1. The van der Waals surface area contributed by atoms with E-state index in [-0.39, 0.29) is 24.9 Å². The summed E-state index contributed by atoms with van der Waals surface area (Å²) in [6.07, 6.45) is 78.4. The van der Waals surface area contributed by atoms with Crippen LogP contribution in [0.2, 0.25) is 0 Å². The van der Waals surface area contributed by atoms with Crippen molar-refractivity contribution in [3.05, 3.63) is 85.1 Å². The summed E-state index contributed by atoms with van der Waals surface area (Å²) in [4.78, 5) is 40.1. The topological polar surface area (TPSA) is 114 Å². The van der Waals surface area contributed by atoms with Gasteiger partial charge in [-0.15, -0.1) is 0 Å². The summed E-state index contributed by atoms with van der Waals surface area (Å²) in [6.45, 7) is 6.73. The molecule has 10 heteroatoms. The van der Waals surface area contributed by atoms with E-state index in [2.05, 4.69) is 99.0 Å². The minimum absolute atomic E-state index is 0.0293. The van der Waals surface area contributed by atoms with Gasteiger partial charge in [-0.3, -0.25) is 14.2 Å². The maximum Gasteiger partial charge on any atom is 0.306 e. The first-order valence-corrected chi connectivity index (χ1v) is 34.9. The average Bonchev–Trinajstić information content (AvgIpc) is 3.42. The number of phosphoric ester groups is 1. The Morgan fingerprint density at radius 1 is 0.450 bits per heavy atom. The number of amides is 1. The zero-order chi connectivity index (χ0) is 58.6. The first-order chi connectivity index (χ1) is 38.9. The van der Waals surface area contributed by atoms with Crippen LogP contribution in [0.3, 0.4) is 0 Å². The molecule has 1 amide bonds. The summed E-state index contributed by atoms with van der Waals surface area (Å²) >= 11 is 0. The molecular formula is C70H127N2O7P. The predicted molar refractivity (Wildman–Crippen MR) is 344 cm³/mol. The maximum absolute atomic E-state index is 13.6. The SMILES string of the molecule is CC/C=C\C/C=C\C/C=C\C/C=C\C/C=C\CCCCCCCC(=O)NC(COP(=O)([O-])OCC[N+](C)(C)C)C(/C=C/CCCCCCCCCCCC)OC(=O)CCCCCCCCCCCCC/C=C/CCCCCCCC. The Labute approximate surface area is 495 Å². The molecule has 0 saturated heterocycles. The third-order valence-electron chi connectivity index (χ3n) is 14.6. The Kier molecular flexibility index (Phi) is 57.3. The van der Waals surface area contributed by atoms with Gasteiger partial charge in [-0.05, 0) is 102 Å². The molecule has 0 aliphatic heterocycles. The van der Waals surface area contributed by atoms with E-state index in [1.807, 2.05) is 33.3 Å². The molecule has 80 heavy (non-hydrogen) atoms. The fraction of sp³-hybridized carbons (Fsp3) is 0.771. The number of carbonyl (C=O) groups is 2. The Morgan fingerprint density at radius 3 is 1.21 bits per heavy atom. The number of nitrogens with zero attached hydrogens (tertiary/aromatic N) is 1. The number of nitrogens with one attached hydrogen (secondary N) is 1. The second-order valence-corrected chi connectivity index (χ2v) is 25.0. The van der Waals surface area contributed by atoms with Crippen molar-refractivity contribution < 1.29 is 37.3 Å². The third kappa shape index (κ3) is 59.8. The van der Waals surface area contributed by atoms with Crippen LogP contribution in [0.5, 0.6) is 0 Å². The van der Waals surface area contributed by atoms with E-state index < -0.39 is 26.6 Å². The van der Waals surface area contributed by atoms with Crippen LogP contribution in [0.1, 0.15) is 297 Å². The van der Waals surface area contributed by atoms with Crippen LogP contribution >= 0.6 is 7.82 Å². The van der Waals surface area contributed by atoms with Crippen molar-refractivity contribution in [2.75, 3.05) is 40.9 Å². The molecule has 9 nitrogen and oxygen atoms in total. The second kappa shape index (κ2) is 59.4. The molecule has 0 fully saturated rings. The molecule has 0 radical (unpaired) electrons. The number of hydrogen-bond donors (Lipinski definition) is 1. The van der Waals surface area contributed by atoms with Gasteiger partial charge in [-0.1, -0.05) is 267 Å². The lowest BCUT2D eigenvalue weighted by molar-refractivity contribution is -0.870. The molecule has 464 valence electrons. The molecule has 0 aromatic rings. The smallest absolute Gasteiger partial charge is 0.306 e. The summed E-state index contributed by atoms with van der Waals surface area (Å²) < 4.78 is 30.4. The van der Waals surface area contributed by atoms with E-state index in [1.54, 1.807) is 0 Å². The highest BCUT2D eigenvalue weighted by Gasteiger charge is 2.27. The van der Waals surface area contributed by atoms with Gasteiger partial charge in [0.2, 0.25) is 5.91 Å². The molecule has 0 rings (SSSR count). The number of ether oxygens (including phenoxy) is 1. The highest BCUT2D eigenvalue weighted by atomic mass is 31.2. The van der Waals surface area contributed by atoms with Crippen molar-refractivity contribution in [1.82, 2.24) is 5.32 Å². The summed E-state index contributed by atoms with van der Waals surface area (Å²) in [5.41, 5.74) is 0. The summed E-state index contributed by atoms with van der Waals surface area (Å²) in [6, 6.07) is -0.903. The molecule has 0 aromatic carbocycles. The number of carbonyl (C=O) groups excluding carboxylic acids is 2. The minimum atomic E-state index is -4.71. The zero-order valence-electron chi connectivity index (χ0n) is 53.0. The van der Waals surface area contributed by atoms with Gasteiger partial charge < -0.3 is 28.5 Å². The molecular weight excluding hydrogens is 1010 g/mol. The monoisotopic (exact) mass is 1140 g/mol. The first-order valence-electron chi connectivity index (χ1n) is 33.4. The molecule has 0 bridgehead atoms. The quantitative estimate of drug-likeness (QED) is 0.0212. The number of hydrogen-bond acceptors (Lipinski definition) is 7. The van der Waals surface area contributed by atoms with Crippen molar-refractivity contribution >= 4 is 19.7 Å². The Bertz CT molecular complexity index is 1640. The van der Waals surface area contributed by atoms with Gasteiger partial charge in [0.05, 0.1) is 33.8 Å². The second-order valence-electron chi connectivity index (χ2n) is 23.6. The van der Waals surface area contributed by atoms with E-state index in [1.165, 1.54) is 154 Å². The third-order valence-corrected chi connectivity index (χ3v) is 15.5. The van der Waals surface area contributed by atoms with E-state index in [4.69, 9.17) is 13.8 Å². The van der Waals surface area contributed by atoms with Crippen LogP contribution in [0.15, 0.2) is 85.1 Å². The van der Waals surface area contributed by atoms with Crippen LogP contribution in [0.25, 0.3) is 0 Å². The number of likely N-dealkylation sites (N-methyl/N-ethyl adjacent to an activating group) is 1. The normalized spacial score (nSPS) is 14.1. The number of esters is 1. The van der Waals surface area contributed by atoms with E-state index in [0.29, 0.717) is 23.9 Å². The lowest BCUT2D eigenvalue weighted by atomic mass is 10.0. The van der Waals surface area contributed by atoms with Gasteiger partial charge in [0.1, 0.15) is 19.3 Å². The van der Waals surface area contributed by atoms with Crippen molar-refractivity contribution in [3.8, 4) is 0 Å². The molecule has 0 saturated carbocycles. The highest BCUT2D eigenvalue weighted by molar-refractivity contribution is 7.45. The number of rotatable bonds is 60. The molecule has 0 heterocycles. The number of quaternary nitrogens is 1. The number of unbranched alkanes of at least 4 members (excludes halogenated alkanes) is 32. The van der Waals surface area contributed by atoms with Crippen molar-refractivity contribution in [3.63, 3.8) is 0 Å². The number of allylic oxidation sites excluding steroid dienone is 13. The van der Waals surface area contributed by atoms with Crippen LogP contribution in [0.4, 0.5) is 0 Å². The summed E-state index contributed by atoms with van der Waals surface area (Å²) in [5, 5.41) is 3.03. The average molecular weight is 1140 g/mol. The maximum atomic E-state index is 13.6. The van der Waals surface area contributed by atoms with Crippen molar-refractivity contribution in [2.24, 2.45) is 0 Å². The van der Waals surface area contributed by atoms with Gasteiger partial charge in [0.25, 0.3) is 7.82 Å². The van der Waals surface area contributed by atoms with E-state index >= 15 is 0 Å². The van der Waals surface area contributed by atoms with Gasteiger partial charge >= 0.3 is 5.97 Å². The van der Waals surface area contributed by atoms with E-state index in [9.17, 15) is 19.0 Å². The van der Waals surface area contributed by atoms with E-state index in [0.717, 1.165) is 103 Å². The minimum Gasteiger partial charge on any atom is -0.756 e. The predicted octanol–water partition coefficient (Wildman–Crippen LogP) is 20.3. The van der Waals surface area contributed by atoms with Gasteiger partial charge in [0.15, 0.2) is 0 Å².